The number of rotatable bonds is 2. The number of hydrogen-bond donors (Lipinski definition) is 1. The van der Waals surface area contributed by atoms with Crippen LogP contribution in [0.15, 0.2) is 36.4 Å². The molecule has 3 rings (SSSR count). The quantitative estimate of drug-likeness (QED) is 0.801. The van der Waals surface area contributed by atoms with Gasteiger partial charge in [-0.15, -0.1) is 0 Å². The number of urea groups is 1. The minimum atomic E-state index is -0.112. The molecular formula is C19H21Cl2N3O. The minimum Gasteiger partial charge on any atom is -0.368 e. The van der Waals surface area contributed by atoms with Gasteiger partial charge in [0.1, 0.15) is 0 Å². The number of halogens is 2. The van der Waals surface area contributed by atoms with Gasteiger partial charge in [-0.05, 0) is 49.2 Å². The van der Waals surface area contributed by atoms with E-state index in [1.165, 1.54) is 16.8 Å². The Morgan fingerprint density at radius 2 is 1.72 bits per heavy atom. The van der Waals surface area contributed by atoms with Crippen molar-refractivity contribution in [2.24, 2.45) is 0 Å². The van der Waals surface area contributed by atoms with Crippen molar-refractivity contribution in [1.29, 1.82) is 0 Å². The number of benzene rings is 2. The SMILES string of the molecule is Cc1cccc(N2CCN(C(=O)Nc3ccc(Cl)c(Cl)c3)CC2)c1C. The van der Waals surface area contributed by atoms with E-state index in [0.29, 0.717) is 28.8 Å². The van der Waals surface area contributed by atoms with E-state index in [9.17, 15) is 4.79 Å². The number of hydrogen-bond acceptors (Lipinski definition) is 2. The first-order valence-electron chi connectivity index (χ1n) is 8.28. The lowest BCUT2D eigenvalue weighted by Gasteiger charge is -2.37. The summed E-state index contributed by atoms with van der Waals surface area (Å²) in [5, 5.41) is 3.78. The third-order valence-electron chi connectivity index (χ3n) is 4.65. The van der Waals surface area contributed by atoms with E-state index in [1.807, 2.05) is 4.90 Å². The van der Waals surface area contributed by atoms with Gasteiger partial charge < -0.3 is 15.1 Å². The maximum Gasteiger partial charge on any atom is 0.321 e. The van der Waals surface area contributed by atoms with Crippen LogP contribution in [0.4, 0.5) is 16.2 Å². The molecule has 0 aromatic heterocycles. The van der Waals surface area contributed by atoms with Crippen LogP contribution in [0.3, 0.4) is 0 Å². The highest BCUT2D eigenvalue weighted by Gasteiger charge is 2.22. The molecule has 0 unspecified atom stereocenters. The first-order chi connectivity index (χ1) is 12.0. The molecule has 6 heteroatoms. The Morgan fingerprint density at radius 1 is 1.00 bits per heavy atom. The molecule has 4 nitrogen and oxygen atoms in total. The Labute approximate surface area is 158 Å². The number of carbonyl (C=O) groups excluding carboxylic acids is 1. The largest absolute Gasteiger partial charge is 0.368 e. The molecule has 0 bridgehead atoms. The molecular weight excluding hydrogens is 357 g/mol. The van der Waals surface area contributed by atoms with Gasteiger partial charge in [0, 0.05) is 37.6 Å². The number of nitrogens with one attached hydrogen (secondary N) is 1. The standard InChI is InChI=1S/C19H21Cl2N3O/c1-13-4-3-5-18(14(13)2)23-8-10-24(11-9-23)19(25)22-15-6-7-16(20)17(21)12-15/h3-7,12H,8-11H2,1-2H3,(H,22,25). The molecule has 2 aromatic rings. The second-order valence-corrected chi connectivity index (χ2v) is 7.07. The Morgan fingerprint density at radius 3 is 2.40 bits per heavy atom. The van der Waals surface area contributed by atoms with E-state index in [4.69, 9.17) is 23.2 Å². The van der Waals surface area contributed by atoms with Crippen LogP contribution in [0.5, 0.6) is 0 Å². The van der Waals surface area contributed by atoms with E-state index in [2.05, 4.69) is 42.3 Å². The molecule has 132 valence electrons. The number of aryl methyl sites for hydroxylation is 1. The fourth-order valence-corrected chi connectivity index (χ4v) is 3.30. The second-order valence-electron chi connectivity index (χ2n) is 6.25. The van der Waals surface area contributed by atoms with Crippen LogP contribution in [0.25, 0.3) is 0 Å². The van der Waals surface area contributed by atoms with E-state index in [0.717, 1.165) is 13.1 Å². The van der Waals surface area contributed by atoms with Crippen molar-refractivity contribution in [2.45, 2.75) is 13.8 Å². The van der Waals surface area contributed by atoms with Gasteiger partial charge in [0.15, 0.2) is 0 Å². The van der Waals surface area contributed by atoms with Crippen molar-refractivity contribution in [3.8, 4) is 0 Å². The molecule has 1 fully saturated rings. The van der Waals surface area contributed by atoms with Gasteiger partial charge >= 0.3 is 6.03 Å². The third kappa shape index (κ3) is 4.02. The summed E-state index contributed by atoms with van der Waals surface area (Å²) in [5.41, 5.74) is 4.49. The summed E-state index contributed by atoms with van der Waals surface area (Å²) in [6, 6.07) is 11.3. The Hall–Kier alpha value is -1.91. The summed E-state index contributed by atoms with van der Waals surface area (Å²) in [7, 11) is 0. The molecule has 0 radical (unpaired) electrons. The minimum absolute atomic E-state index is 0.112. The van der Waals surface area contributed by atoms with Crippen LogP contribution in [0.1, 0.15) is 11.1 Å². The first kappa shape index (κ1) is 17.9. The van der Waals surface area contributed by atoms with Crippen molar-refractivity contribution < 1.29 is 4.79 Å². The highest BCUT2D eigenvalue weighted by Crippen LogP contribution is 2.26. The zero-order valence-electron chi connectivity index (χ0n) is 14.4. The molecule has 1 N–H and O–H groups in total. The summed E-state index contributed by atoms with van der Waals surface area (Å²) in [4.78, 5) is 16.6. The number of amides is 2. The molecule has 1 aliphatic heterocycles. The second kappa shape index (κ2) is 7.54. The summed E-state index contributed by atoms with van der Waals surface area (Å²) in [5.74, 6) is 0. The summed E-state index contributed by atoms with van der Waals surface area (Å²) in [6.07, 6.45) is 0. The van der Waals surface area contributed by atoms with E-state index >= 15 is 0 Å². The Bertz CT molecular complexity index is 786. The van der Waals surface area contributed by atoms with Crippen molar-refractivity contribution in [3.63, 3.8) is 0 Å². The average Bonchev–Trinajstić information content (AvgIpc) is 2.61. The zero-order chi connectivity index (χ0) is 18.0. The number of anilines is 2. The summed E-state index contributed by atoms with van der Waals surface area (Å²) >= 11 is 11.9. The number of piperazine rings is 1. The van der Waals surface area contributed by atoms with Gasteiger partial charge in [-0.2, -0.15) is 0 Å². The van der Waals surface area contributed by atoms with Gasteiger partial charge in [-0.1, -0.05) is 35.3 Å². The van der Waals surface area contributed by atoms with Gasteiger partial charge in [0.2, 0.25) is 0 Å². The van der Waals surface area contributed by atoms with Crippen molar-refractivity contribution in [1.82, 2.24) is 4.90 Å². The van der Waals surface area contributed by atoms with Gasteiger partial charge in [0.25, 0.3) is 0 Å². The molecule has 0 aliphatic carbocycles. The van der Waals surface area contributed by atoms with Crippen LogP contribution >= 0.6 is 23.2 Å². The fraction of sp³-hybridized carbons (Fsp3) is 0.316. The highest BCUT2D eigenvalue weighted by atomic mass is 35.5. The van der Waals surface area contributed by atoms with Crippen LogP contribution in [-0.2, 0) is 0 Å². The average molecular weight is 378 g/mol. The van der Waals surface area contributed by atoms with Crippen molar-refractivity contribution in [2.75, 3.05) is 36.4 Å². The van der Waals surface area contributed by atoms with Gasteiger partial charge in [-0.3, -0.25) is 0 Å². The molecule has 0 atom stereocenters. The van der Waals surface area contributed by atoms with Crippen molar-refractivity contribution >= 4 is 40.6 Å². The van der Waals surface area contributed by atoms with Crippen LogP contribution in [-0.4, -0.2) is 37.1 Å². The normalized spacial score (nSPS) is 14.6. The summed E-state index contributed by atoms with van der Waals surface area (Å²) < 4.78 is 0. The monoisotopic (exact) mass is 377 g/mol. The lowest BCUT2D eigenvalue weighted by atomic mass is 10.1. The molecule has 2 amide bonds. The maximum absolute atomic E-state index is 12.4. The van der Waals surface area contributed by atoms with Gasteiger partial charge in [0.05, 0.1) is 10.0 Å². The van der Waals surface area contributed by atoms with E-state index in [1.54, 1.807) is 18.2 Å². The molecule has 2 aromatic carbocycles. The van der Waals surface area contributed by atoms with Crippen LogP contribution in [0.2, 0.25) is 10.0 Å². The Balaban J connectivity index is 1.60. The number of nitrogens with zero attached hydrogens (tertiary/aromatic N) is 2. The molecule has 1 aliphatic rings. The lowest BCUT2D eigenvalue weighted by molar-refractivity contribution is 0.208. The van der Waals surface area contributed by atoms with Gasteiger partial charge in [-0.25, -0.2) is 4.79 Å². The zero-order valence-corrected chi connectivity index (χ0v) is 15.9. The van der Waals surface area contributed by atoms with E-state index in [-0.39, 0.29) is 6.03 Å². The third-order valence-corrected chi connectivity index (χ3v) is 5.39. The smallest absolute Gasteiger partial charge is 0.321 e. The first-order valence-corrected chi connectivity index (χ1v) is 9.03. The summed E-state index contributed by atoms with van der Waals surface area (Å²) in [6.45, 7) is 7.27. The predicted octanol–water partition coefficient (Wildman–Crippen LogP) is 4.96. The molecule has 1 heterocycles. The lowest BCUT2D eigenvalue weighted by Crippen LogP contribution is -2.50. The maximum atomic E-state index is 12.4. The predicted molar refractivity (Wildman–Crippen MR) is 105 cm³/mol. The molecule has 25 heavy (non-hydrogen) atoms. The fourth-order valence-electron chi connectivity index (χ4n) is 3.01. The molecule has 1 saturated heterocycles. The van der Waals surface area contributed by atoms with Crippen LogP contribution in [0, 0.1) is 13.8 Å². The van der Waals surface area contributed by atoms with Crippen LogP contribution < -0.4 is 10.2 Å². The topological polar surface area (TPSA) is 35.6 Å². The number of carbonyl (C=O) groups is 1. The molecule has 0 saturated carbocycles. The Kier molecular flexibility index (Phi) is 5.40. The highest BCUT2D eigenvalue weighted by molar-refractivity contribution is 6.42. The molecule has 0 spiro atoms. The van der Waals surface area contributed by atoms with E-state index < -0.39 is 0 Å². The van der Waals surface area contributed by atoms with Crippen molar-refractivity contribution in [3.05, 3.63) is 57.6 Å².